The van der Waals surface area contributed by atoms with Crippen LogP contribution in [-0.4, -0.2) is 19.7 Å². The van der Waals surface area contributed by atoms with Crippen LogP contribution in [0.2, 0.25) is 0 Å². The Balaban J connectivity index is 2.03. The van der Waals surface area contributed by atoms with Crippen LogP contribution < -0.4 is 4.74 Å². The van der Waals surface area contributed by atoms with E-state index in [0.717, 1.165) is 11.4 Å². The summed E-state index contributed by atoms with van der Waals surface area (Å²) in [5.41, 5.74) is 1.34. The molecule has 3 rings (SSSR count). The van der Waals surface area contributed by atoms with Gasteiger partial charge in [-0.15, -0.1) is 0 Å². The molecule has 0 aliphatic heterocycles. The molecule has 2 heterocycles. The van der Waals surface area contributed by atoms with Gasteiger partial charge >= 0.3 is 11.6 Å². The number of aromatic nitrogens is 3. The van der Waals surface area contributed by atoms with Gasteiger partial charge in [-0.25, -0.2) is 9.67 Å². The molecule has 2 aromatic heterocycles. The Bertz CT molecular complexity index is 815. The van der Waals surface area contributed by atoms with Gasteiger partial charge in [-0.1, -0.05) is 18.2 Å². The minimum absolute atomic E-state index is 0.0652. The highest BCUT2D eigenvalue weighted by molar-refractivity contribution is 5.43. The van der Waals surface area contributed by atoms with Gasteiger partial charge in [0.2, 0.25) is 5.88 Å². The average Bonchev–Trinajstić information content (AvgIpc) is 2.89. The zero-order valence-corrected chi connectivity index (χ0v) is 11.7. The molecule has 0 aliphatic carbocycles. The van der Waals surface area contributed by atoms with Gasteiger partial charge in [0, 0.05) is 18.3 Å². The summed E-state index contributed by atoms with van der Waals surface area (Å²) in [6.07, 6.45) is 1.44. The summed E-state index contributed by atoms with van der Waals surface area (Å²) < 4.78 is 7.20. The summed E-state index contributed by atoms with van der Waals surface area (Å²) in [5.74, 6) is 0.301. The lowest BCUT2D eigenvalue weighted by Crippen LogP contribution is -2.01. The van der Waals surface area contributed by atoms with Crippen LogP contribution in [0.4, 0.5) is 5.69 Å². The van der Waals surface area contributed by atoms with Crippen LogP contribution in [0.3, 0.4) is 0 Å². The lowest BCUT2D eigenvalue weighted by molar-refractivity contribution is -0.386. The summed E-state index contributed by atoms with van der Waals surface area (Å²) >= 11 is 0. The second-order valence-electron chi connectivity index (χ2n) is 4.56. The van der Waals surface area contributed by atoms with Gasteiger partial charge in [0.1, 0.15) is 0 Å². The monoisotopic (exact) mass is 296 g/mol. The van der Waals surface area contributed by atoms with Crippen molar-refractivity contribution in [3.8, 4) is 17.4 Å². The Morgan fingerprint density at radius 3 is 2.68 bits per heavy atom. The molecule has 7 heteroatoms. The summed E-state index contributed by atoms with van der Waals surface area (Å²) in [6, 6.07) is 13.9. The molecule has 0 radical (unpaired) electrons. The highest BCUT2D eigenvalue weighted by Gasteiger charge is 2.19. The zero-order chi connectivity index (χ0) is 15.5. The smallest absolute Gasteiger partial charge is 0.331 e. The summed E-state index contributed by atoms with van der Waals surface area (Å²) in [6.45, 7) is 1.82. The Morgan fingerprint density at radius 2 is 1.95 bits per heavy atom. The zero-order valence-electron chi connectivity index (χ0n) is 11.7. The van der Waals surface area contributed by atoms with Crippen LogP contribution in [0.5, 0.6) is 11.8 Å². The SMILES string of the molecule is Cc1cc(Oc2ncccc2[N+](=O)[O-])n(-c2ccccc2)n1. The molecule has 0 N–H and O–H groups in total. The molecule has 0 spiro atoms. The Kier molecular flexibility index (Phi) is 3.53. The molecule has 110 valence electrons. The van der Waals surface area contributed by atoms with Crippen LogP contribution >= 0.6 is 0 Å². The molecular weight excluding hydrogens is 284 g/mol. The molecule has 0 amide bonds. The van der Waals surface area contributed by atoms with Crippen molar-refractivity contribution in [1.82, 2.24) is 14.8 Å². The second-order valence-corrected chi connectivity index (χ2v) is 4.56. The number of ether oxygens (including phenoxy) is 1. The summed E-state index contributed by atoms with van der Waals surface area (Å²) in [4.78, 5) is 14.4. The third kappa shape index (κ3) is 2.64. The van der Waals surface area contributed by atoms with E-state index in [1.54, 1.807) is 10.7 Å². The van der Waals surface area contributed by atoms with Crippen molar-refractivity contribution in [1.29, 1.82) is 0 Å². The van der Waals surface area contributed by atoms with Crippen molar-refractivity contribution in [2.75, 3.05) is 0 Å². The van der Waals surface area contributed by atoms with E-state index in [0.29, 0.717) is 5.88 Å². The third-order valence-electron chi connectivity index (χ3n) is 2.95. The topological polar surface area (TPSA) is 83.1 Å². The summed E-state index contributed by atoms with van der Waals surface area (Å²) in [7, 11) is 0. The fourth-order valence-corrected chi connectivity index (χ4v) is 2.00. The molecule has 0 fully saturated rings. The molecule has 0 bridgehead atoms. The maximum absolute atomic E-state index is 11.0. The first-order valence-corrected chi connectivity index (χ1v) is 6.54. The van der Waals surface area contributed by atoms with E-state index in [9.17, 15) is 10.1 Å². The number of rotatable bonds is 4. The van der Waals surface area contributed by atoms with Crippen LogP contribution in [0.25, 0.3) is 5.69 Å². The first kappa shape index (κ1) is 13.7. The minimum atomic E-state index is -0.529. The van der Waals surface area contributed by atoms with E-state index in [-0.39, 0.29) is 11.6 Å². The van der Waals surface area contributed by atoms with Crippen molar-refractivity contribution < 1.29 is 9.66 Å². The lowest BCUT2D eigenvalue weighted by atomic mass is 10.3. The highest BCUT2D eigenvalue weighted by Crippen LogP contribution is 2.30. The average molecular weight is 296 g/mol. The number of hydrogen-bond acceptors (Lipinski definition) is 5. The van der Waals surface area contributed by atoms with Gasteiger partial charge in [-0.2, -0.15) is 5.10 Å². The predicted molar refractivity (Wildman–Crippen MR) is 79.3 cm³/mol. The second kappa shape index (κ2) is 5.65. The van der Waals surface area contributed by atoms with E-state index in [1.807, 2.05) is 37.3 Å². The fourth-order valence-electron chi connectivity index (χ4n) is 2.00. The molecule has 0 unspecified atom stereocenters. The van der Waals surface area contributed by atoms with Crippen molar-refractivity contribution >= 4 is 5.69 Å². The number of pyridine rings is 1. The van der Waals surface area contributed by atoms with E-state index < -0.39 is 4.92 Å². The van der Waals surface area contributed by atoms with Crippen LogP contribution in [-0.2, 0) is 0 Å². The van der Waals surface area contributed by atoms with Crippen LogP contribution in [0, 0.1) is 17.0 Å². The van der Waals surface area contributed by atoms with Crippen LogP contribution in [0.15, 0.2) is 54.7 Å². The molecule has 22 heavy (non-hydrogen) atoms. The summed E-state index contributed by atoms with van der Waals surface area (Å²) in [5, 5.41) is 15.4. The number of benzene rings is 1. The molecule has 7 nitrogen and oxygen atoms in total. The van der Waals surface area contributed by atoms with Gasteiger partial charge in [0.15, 0.2) is 0 Å². The van der Waals surface area contributed by atoms with E-state index >= 15 is 0 Å². The third-order valence-corrected chi connectivity index (χ3v) is 2.95. The van der Waals surface area contributed by atoms with Crippen molar-refractivity contribution in [3.05, 3.63) is 70.5 Å². The van der Waals surface area contributed by atoms with Crippen molar-refractivity contribution in [2.24, 2.45) is 0 Å². The largest absolute Gasteiger partial charge is 0.414 e. The number of aryl methyl sites for hydroxylation is 1. The maximum Gasteiger partial charge on any atom is 0.331 e. The van der Waals surface area contributed by atoms with Crippen LogP contribution in [0.1, 0.15) is 5.69 Å². The van der Waals surface area contributed by atoms with Gasteiger partial charge in [-0.05, 0) is 25.1 Å². The molecular formula is C15H12N4O3. The Morgan fingerprint density at radius 1 is 1.18 bits per heavy atom. The van der Waals surface area contributed by atoms with E-state index in [2.05, 4.69) is 10.1 Å². The molecule has 1 aromatic carbocycles. The quantitative estimate of drug-likeness (QED) is 0.545. The highest BCUT2D eigenvalue weighted by atomic mass is 16.6. The maximum atomic E-state index is 11.0. The molecule has 0 aliphatic rings. The number of hydrogen-bond donors (Lipinski definition) is 0. The van der Waals surface area contributed by atoms with E-state index in [4.69, 9.17) is 4.74 Å². The lowest BCUT2D eigenvalue weighted by Gasteiger charge is -2.08. The number of nitro groups is 1. The van der Waals surface area contributed by atoms with Crippen molar-refractivity contribution in [2.45, 2.75) is 6.92 Å². The normalized spacial score (nSPS) is 10.4. The Hall–Kier alpha value is -3.22. The van der Waals surface area contributed by atoms with Crippen molar-refractivity contribution in [3.63, 3.8) is 0 Å². The first-order valence-electron chi connectivity index (χ1n) is 6.54. The number of nitrogens with zero attached hydrogens (tertiary/aromatic N) is 4. The minimum Gasteiger partial charge on any atom is -0.414 e. The van der Waals surface area contributed by atoms with E-state index in [1.165, 1.54) is 18.3 Å². The van der Waals surface area contributed by atoms with Gasteiger partial charge in [0.05, 0.1) is 16.3 Å². The fraction of sp³-hybridized carbons (Fsp3) is 0.0667. The molecule has 0 saturated heterocycles. The molecule has 0 atom stereocenters. The Labute approximate surface area is 126 Å². The number of para-hydroxylation sites is 1. The molecule has 3 aromatic rings. The van der Waals surface area contributed by atoms with Gasteiger partial charge in [0.25, 0.3) is 0 Å². The predicted octanol–water partition coefficient (Wildman–Crippen LogP) is 3.28. The standard InChI is InChI=1S/C15H12N4O3/c1-11-10-14(18(17-11)12-6-3-2-4-7-12)22-15-13(19(20)21)8-5-9-16-15/h2-10H,1H3. The van der Waals surface area contributed by atoms with Gasteiger partial charge in [-0.3, -0.25) is 10.1 Å². The van der Waals surface area contributed by atoms with Gasteiger partial charge < -0.3 is 4.74 Å². The first-order chi connectivity index (χ1) is 10.6. The molecule has 0 saturated carbocycles.